The van der Waals surface area contributed by atoms with E-state index in [-0.39, 0.29) is 11.6 Å². The van der Waals surface area contributed by atoms with E-state index in [0.717, 1.165) is 11.3 Å². The van der Waals surface area contributed by atoms with Gasteiger partial charge in [0.2, 0.25) is 5.78 Å². The Morgan fingerprint density at radius 3 is 2.80 bits per heavy atom. The van der Waals surface area contributed by atoms with Crippen LogP contribution < -0.4 is 15.8 Å². The molecule has 0 aliphatic heterocycles. The molecule has 1 aromatic heterocycles. The zero-order chi connectivity index (χ0) is 18.0. The third-order valence-corrected chi connectivity index (χ3v) is 5.10. The molecule has 5 nitrogen and oxygen atoms in total. The monoisotopic (exact) mass is 373 g/mol. The molecule has 3 rings (SSSR count). The summed E-state index contributed by atoms with van der Waals surface area (Å²) in [5.41, 5.74) is 8.18. The summed E-state index contributed by atoms with van der Waals surface area (Å²) < 4.78 is 5.16. The first-order valence-electron chi connectivity index (χ1n) is 7.46. The van der Waals surface area contributed by atoms with Crippen molar-refractivity contribution < 1.29 is 9.53 Å². The second-order valence-electron chi connectivity index (χ2n) is 5.33. The molecule has 0 amide bonds. The Labute approximate surface area is 154 Å². The van der Waals surface area contributed by atoms with Gasteiger partial charge in [0.25, 0.3) is 0 Å². The van der Waals surface area contributed by atoms with Gasteiger partial charge < -0.3 is 15.8 Å². The fourth-order valence-corrected chi connectivity index (χ4v) is 3.34. The van der Waals surface area contributed by atoms with Crippen LogP contribution in [0.4, 0.5) is 16.6 Å². The van der Waals surface area contributed by atoms with Crippen molar-refractivity contribution in [3.8, 4) is 5.75 Å². The number of nitrogens with one attached hydrogen (secondary N) is 1. The van der Waals surface area contributed by atoms with Crippen molar-refractivity contribution in [3.63, 3.8) is 0 Å². The van der Waals surface area contributed by atoms with Gasteiger partial charge in [0.05, 0.1) is 7.11 Å². The predicted octanol–water partition coefficient (Wildman–Crippen LogP) is 4.67. The SMILES string of the molecule is COc1cccc(C(=O)c2sc(Nc3cccc(Cl)c3C)nc2N)c1. The lowest BCUT2D eigenvalue weighted by atomic mass is 10.1. The minimum atomic E-state index is -0.190. The van der Waals surface area contributed by atoms with E-state index in [1.165, 1.54) is 11.3 Å². The number of nitrogen functional groups attached to an aromatic ring is 1. The Morgan fingerprint density at radius 2 is 2.04 bits per heavy atom. The Kier molecular flexibility index (Phi) is 4.92. The Bertz CT molecular complexity index is 940. The van der Waals surface area contributed by atoms with E-state index in [1.807, 2.05) is 25.1 Å². The van der Waals surface area contributed by atoms with Gasteiger partial charge >= 0.3 is 0 Å². The lowest BCUT2D eigenvalue weighted by molar-refractivity contribution is 0.104. The number of rotatable bonds is 5. The first-order valence-corrected chi connectivity index (χ1v) is 8.66. The fourth-order valence-electron chi connectivity index (χ4n) is 2.30. The average molecular weight is 374 g/mol. The maximum atomic E-state index is 12.7. The number of anilines is 3. The normalized spacial score (nSPS) is 10.5. The van der Waals surface area contributed by atoms with Gasteiger partial charge in [0.15, 0.2) is 5.13 Å². The van der Waals surface area contributed by atoms with Crippen molar-refractivity contribution in [2.24, 2.45) is 0 Å². The van der Waals surface area contributed by atoms with Crippen LogP contribution in [-0.4, -0.2) is 17.9 Å². The van der Waals surface area contributed by atoms with Gasteiger partial charge in [-0.05, 0) is 36.8 Å². The maximum absolute atomic E-state index is 12.7. The highest BCUT2D eigenvalue weighted by Crippen LogP contribution is 2.32. The molecule has 0 fully saturated rings. The molecule has 0 spiro atoms. The summed E-state index contributed by atoms with van der Waals surface area (Å²) in [6.45, 7) is 1.91. The van der Waals surface area contributed by atoms with Gasteiger partial charge in [-0.2, -0.15) is 0 Å². The lowest BCUT2D eigenvalue weighted by Crippen LogP contribution is -2.02. The molecule has 0 radical (unpaired) electrons. The number of methoxy groups -OCH3 is 1. The zero-order valence-corrected chi connectivity index (χ0v) is 15.2. The van der Waals surface area contributed by atoms with Gasteiger partial charge in [-0.3, -0.25) is 4.79 Å². The molecule has 2 aromatic carbocycles. The average Bonchev–Trinajstić information content (AvgIpc) is 2.98. The number of aromatic nitrogens is 1. The number of thiazole rings is 1. The minimum absolute atomic E-state index is 0.190. The highest BCUT2D eigenvalue weighted by molar-refractivity contribution is 7.18. The van der Waals surface area contributed by atoms with Gasteiger partial charge in [-0.1, -0.05) is 41.1 Å². The number of halogens is 1. The third-order valence-electron chi connectivity index (χ3n) is 3.70. The summed E-state index contributed by atoms with van der Waals surface area (Å²) >= 11 is 7.33. The smallest absolute Gasteiger partial charge is 0.206 e. The molecule has 3 aromatic rings. The van der Waals surface area contributed by atoms with Gasteiger partial charge in [0, 0.05) is 16.3 Å². The minimum Gasteiger partial charge on any atom is -0.497 e. The molecule has 7 heteroatoms. The van der Waals surface area contributed by atoms with Crippen molar-refractivity contribution in [1.82, 2.24) is 4.98 Å². The quantitative estimate of drug-likeness (QED) is 0.635. The summed E-state index contributed by atoms with van der Waals surface area (Å²) in [4.78, 5) is 17.3. The molecule has 0 bridgehead atoms. The summed E-state index contributed by atoms with van der Waals surface area (Å²) in [5, 5.41) is 4.36. The second-order valence-corrected chi connectivity index (χ2v) is 6.74. The van der Waals surface area contributed by atoms with E-state index < -0.39 is 0 Å². The van der Waals surface area contributed by atoms with Gasteiger partial charge in [-0.15, -0.1) is 0 Å². The molecule has 3 N–H and O–H groups in total. The van der Waals surface area contributed by atoms with Gasteiger partial charge in [-0.25, -0.2) is 4.98 Å². The molecular weight excluding hydrogens is 358 g/mol. The molecular formula is C18H16ClN3O2S. The van der Waals surface area contributed by atoms with Crippen LogP contribution >= 0.6 is 22.9 Å². The molecule has 0 aliphatic rings. The topological polar surface area (TPSA) is 77.2 Å². The summed E-state index contributed by atoms with van der Waals surface area (Å²) in [5.74, 6) is 0.617. The fraction of sp³-hybridized carbons (Fsp3) is 0.111. The molecule has 0 aliphatic carbocycles. The number of carbonyl (C=O) groups excluding carboxylic acids is 1. The maximum Gasteiger partial charge on any atom is 0.206 e. The van der Waals surface area contributed by atoms with E-state index in [0.29, 0.717) is 26.3 Å². The van der Waals surface area contributed by atoms with Crippen LogP contribution in [0.1, 0.15) is 20.8 Å². The summed E-state index contributed by atoms with van der Waals surface area (Å²) in [6, 6.07) is 12.5. The molecule has 128 valence electrons. The number of nitrogens with two attached hydrogens (primary N) is 1. The van der Waals surface area contributed by atoms with Crippen LogP contribution in [0.15, 0.2) is 42.5 Å². The molecule has 25 heavy (non-hydrogen) atoms. The van der Waals surface area contributed by atoms with E-state index in [4.69, 9.17) is 22.1 Å². The van der Waals surface area contributed by atoms with Crippen LogP contribution in [0.25, 0.3) is 0 Å². The Morgan fingerprint density at radius 1 is 1.28 bits per heavy atom. The van der Waals surface area contributed by atoms with Crippen molar-refractivity contribution in [2.45, 2.75) is 6.92 Å². The number of hydrogen-bond donors (Lipinski definition) is 2. The molecule has 0 saturated heterocycles. The van der Waals surface area contributed by atoms with E-state index in [1.54, 1.807) is 31.4 Å². The lowest BCUT2D eigenvalue weighted by Gasteiger charge is -2.07. The molecule has 0 atom stereocenters. The van der Waals surface area contributed by atoms with Crippen molar-refractivity contribution in [1.29, 1.82) is 0 Å². The largest absolute Gasteiger partial charge is 0.497 e. The molecule has 0 unspecified atom stereocenters. The highest BCUT2D eigenvalue weighted by Gasteiger charge is 2.19. The van der Waals surface area contributed by atoms with Crippen LogP contribution in [0, 0.1) is 6.92 Å². The standard InChI is InChI=1S/C18H16ClN3O2S/c1-10-13(19)7-4-8-14(10)21-18-22-17(20)16(25-18)15(23)11-5-3-6-12(9-11)24-2/h3-9H,20H2,1-2H3,(H,21,22). The first kappa shape index (κ1) is 17.3. The van der Waals surface area contributed by atoms with E-state index >= 15 is 0 Å². The Balaban J connectivity index is 1.89. The second kappa shape index (κ2) is 7.13. The number of ether oxygens (including phenoxy) is 1. The van der Waals surface area contributed by atoms with Crippen molar-refractivity contribution in [2.75, 3.05) is 18.2 Å². The number of nitrogens with zero attached hydrogens (tertiary/aromatic N) is 1. The number of benzene rings is 2. The summed E-state index contributed by atoms with van der Waals surface area (Å²) in [6.07, 6.45) is 0. The molecule has 0 saturated carbocycles. The van der Waals surface area contributed by atoms with E-state index in [2.05, 4.69) is 10.3 Å². The number of carbonyl (C=O) groups is 1. The van der Waals surface area contributed by atoms with E-state index in [9.17, 15) is 4.79 Å². The van der Waals surface area contributed by atoms with Gasteiger partial charge in [0.1, 0.15) is 16.4 Å². The number of hydrogen-bond acceptors (Lipinski definition) is 6. The van der Waals surface area contributed by atoms with Crippen LogP contribution in [0.5, 0.6) is 5.75 Å². The van der Waals surface area contributed by atoms with Crippen molar-refractivity contribution >= 4 is 45.4 Å². The predicted molar refractivity (Wildman–Crippen MR) is 102 cm³/mol. The number of ketones is 1. The van der Waals surface area contributed by atoms with Crippen LogP contribution in [0.3, 0.4) is 0 Å². The third kappa shape index (κ3) is 3.60. The first-order chi connectivity index (χ1) is 12.0. The Hall–Kier alpha value is -2.57. The van der Waals surface area contributed by atoms with Crippen molar-refractivity contribution in [3.05, 3.63) is 63.5 Å². The van der Waals surface area contributed by atoms with Crippen LogP contribution in [0.2, 0.25) is 5.02 Å². The highest BCUT2D eigenvalue weighted by atomic mass is 35.5. The summed E-state index contributed by atoms with van der Waals surface area (Å²) in [7, 11) is 1.56. The van der Waals surface area contributed by atoms with Crippen LogP contribution in [-0.2, 0) is 0 Å². The molecule has 1 heterocycles. The zero-order valence-electron chi connectivity index (χ0n) is 13.7.